The molecule has 0 aliphatic heterocycles. The Kier molecular flexibility index (Phi) is 3.58. The molecule has 5 nitrogen and oxygen atoms in total. The summed E-state index contributed by atoms with van der Waals surface area (Å²) in [7, 11) is 0. The van der Waals surface area contributed by atoms with E-state index in [1.165, 1.54) is 6.20 Å². The summed E-state index contributed by atoms with van der Waals surface area (Å²) in [6.45, 7) is 4.48. The molecule has 5 heteroatoms. The van der Waals surface area contributed by atoms with Crippen LogP contribution >= 0.6 is 0 Å². The van der Waals surface area contributed by atoms with Crippen LogP contribution in [0.2, 0.25) is 0 Å². The fourth-order valence-corrected chi connectivity index (χ4v) is 0.880. The predicted octanol–water partition coefficient (Wildman–Crippen LogP) is 0.779. The molecule has 0 saturated carbocycles. The predicted molar refractivity (Wildman–Crippen MR) is 56.1 cm³/mol. The maximum absolute atomic E-state index is 9.04. The second kappa shape index (κ2) is 4.71. The summed E-state index contributed by atoms with van der Waals surface area (Å²) in [6, 6.07) is 3.48. The zero-order valence-corrected chi connectivity index (χ0v) is 8.86. The quantitative estimate of drug-likeness (QED) is 0.760. The lowest BCUT2D eigenvalue weighted by molar-refractivity contribution is 0.170. The first kappa shape index (κ1) is 11.4. The standard InChI is InChI=1S/C10H14N4O/c1-10(2,7-15)6-13-9-12-4-3-8(5-11)14-9/h3-4,15H,6-7H2,1-2H3,(H,12,13,14). The van der Waals surface area contributed by atoms with Gasteiger partial charge in [0.1, 0.15) is 11.8 Å². The van der Waals surface area contributed by atoms with Gasteiger partial charge in [0.2, 0.25) is 5.95 Å². The fourth-order valence-electron chi connectivity index (χ4n) is 0.880. The molecule has 0 saturated heterocycles. The first-order valence-electron chi connectivity index (χ1n) is 4.65. The number of nitrogens with zero attached hydrogens (tertiary/aromatic N) is 3. The third kappa shape index (κ3) is 3.52. The highest BCUT2D eigenvalue weighted by Gasteiger charge is 2.16. The molecule has 0 bridgehead atoms. The summed E-state index contributed by atoms with van der Waals surface area (Å²) in [5, 5.41) is 20.6. The normalized spacial score (nSPS) is 10.8. The van der Waals surface area contributed by atoms with E-state index in [2.05, 4.69) is 15.3 Å². The number of hydrogen-bond acceptors (Lipinski definition) is 5. The van der Waals surface area contributed by atoms with Gasteiger partial charge in [0.05, 0.1) is 0 Å². The van der Waals surface area contributed by atoms with Crippen LogP contribution in [0.4, 0.5) is 5.95 Å². The van der Waals surface area contributed by atoms with Gasteiger partial charge in [-0.3, -0.25) is 0 Å². The minimum Gasteiger partial charge on any atom is -0.396 e. The zero-order valence-electron chi connectivity index (χ0n) is 8.86. The minimum atomic E-state index is -0.230. The molecule has 1 heterocycles. The number of nitriles is 1. The molecule has 0 aliphatic carbocycles. The maximum Gasteiger partial charge on any atom is 0.223 e. The lowest BCUT2D eigenvalue weighted by Gasteiger charge is -2.21. The van der Waals surface area contributed by atoms with Gasteiger partial charge in [0.15, 0.2) is 0 Å². The molecule has 0 amide bonds. The van der Waals surface area contributed by atoms with E-state index in [1.54, 1.807) is 6.07 Å². The molecule has 2 N–H and O–H groups in total. The molecule has 0 fully saturated rings. The topological polar surface area (TPSA) is 81.8 Å². The van der Waals surface area contributed by atoms with Gasteiger partial charge >= 0.3 is 0 Å². The number of nitrogens with one attached hydrogen (secondary N) is 1. The molecule has 0 radical (unpaired) electrons. The van der Waals surface area contributed by atoms with Crippen LogP contribution in [0.5, 0.6) is 0 Å². The summed E-state index contributed by atoms with van der Waals surface area (Å²) < 4.78 is 0. The molecular weight excluding hydrogens is 192 g/mol. The van der Waals surface area contributed by atoms with Gasteiger partial charge in [0, 0.05) is 24.8 Å². The summed E-state index contributed by atoms with van der Waals surface area (Å²) >= 11 is 0. The highest BCUT2D eigenvalue weighted by atomic mass is 16.3. The molecule has 0 unspecified atom stereocenters. The number of hydrogen-bond donors (Lipinski definition) is 2. The fraction of sp³-hybridized carbons (Fsp3) is 0.500. The van der Waals surface area contributed by atoms with E-state index in [0.717, 1.165) is 0 Å². The lowest BCUT2D eigenvalue weighted by Crippen LogP contribution is -2.27. The Labute approximate surface area is 88.8 Å². The van der Waals surface area contributed by atoms with Crippen molar-refractivity contribution in [1.29, 1.82) is 5.26 Å². The first-order valence-corrected chi connectivity index (χ1v) is 4.65. The van der Waals surface area contributed by atoms with Gasteiger partial charge in [-0.05, 0) is 6.07 Å². The van der Waals surface area contributed by atoms with Crippen LogP contribution < -0.4 is 5.32 Å². The van der Waals surface area contributed by atoms with E-state index in [4.69, 9.17) is 10.4 Å². The van der Waals surface area contributed by atoms with Crippen molar-refractivity contribution >= 4 is 5.95 Å². The van der Waals surface area contributed by atoms with Crippen LogP contribution in [0.1, 0.15) is 19.5 Å². The smallest absolute Gasteiger partial charge is 0.223 e. The average molecular weight is 206 g/mol. The van der Waals surface area contributed by atoms with E-state index in [-0.39, 0.29) is 12.0 Å². The highest BCUT2D eigenvalue weighted by Crippen LogP contribution is 2.13. The Morgan fingerprint density at radius 3 is 2.93 bits per heavy atom. The van der Waals surface area contributed by atoms with Crippen LogP contribution in [0.25, 0.3) is 0 Å². The summed E-state index contributed by atoms with van der Waals surface area (Å²) in [6.07, 6.45) is 1.53. The number of anilines is 1. The van der Waals surface area contributed by atoms with Crippen molar-refractivity contribution in [2.45, 2.75) is 13.8 Å². The molecule has 1 aromatic rings. The number of aliphatic hydroxyl groups excluding tert-OH is 1. The van der Waals surface area contributed by atoms with Crippen LogP contribution in [-0.4, -0.2) is 28.2 Å². The van der Waals surface area contributed by atoms with E-state index < -0.39 is 0 Å². The molecule has 0 spiro atoms. The Morgan fingerprint density at radius 1 is 1.60 bits per heavy atom. The second-order valence-corrected chi connectivity index (χ2v) is 4.05. The van der Waals surface area contributed by atoms with Gasteiger partial charge in [-0.25, -0.2) is 9.97 Å². The van der Waals surface area contributed by atoms with Crippen LogP contribution in [-0.2, 0) is 0 Å². The highest BCUT2D eigenvalue weighted by molar-refractivity contribution is 5.30. The van der Waals surface area contributed by atoms with Crippen molar-refractivity contribution in [2.75, 3.05) is 18.5 Å². The van der Waals surface area contributed by atoms with Gasteiger partial charge in [0.25, 0.3) is 0 Å². The third-order valence-electron chi connectivity index (χ3n) is 1.92. The number of aromatic nitrogens is 2. The zero-order chi connectivity index (χ0) is 11.3. The van der Waals surface area contributed by atoms with Gasteiger partial charge < -0.3 is 10.4 Å². The lowest BCUT2D eigenvalue weighted by atomic mass is 9.95. The van der Waals surface area contributed by atoms with Gasteiger partial charge in [-0.2, -0.15) is 5.26 Å². The Hall–Kier alpha value is -1.67. The SMILES string of the molecule is CC(C)(CO)CNc1nccc(C#N)n1. The van der Waals surface area contributed by atoms with Crippen LogP contribution in [0, 0.1) is 16.7 Å². The summed E-state index contributed by atoms with van der Waals surface area (Å²) in [5.74, 6) is 0.413. The van der Waals surface area contributed by atoms with Crippen molar-refractivity contribution in [3.8, 4) is 6.07 Å². The van der Waals surface area contributed by atoms with Crippen LogP contribution in [0.15, 0.2) is 12.3 Å². The van der Waals surface area contributed by atoms with E-state index in [9.17, 15) is 0 Å². The van der Waals surface area contributed by atoms with Crippen molar-refractivity contribution in [3.05, 3.63) is 18.0 Å². The van der Waals surface area contributed by atoms with E-state index in [0.29, 0.717) is 18.2 Å². The molecule has 0 atom stereocenters. The Morgan fingerprint density at radius 2 is 2.33 bits per heavy atom. The molecule has 0 aromatic carbocycles. The second-order valence-electron chi connectivity index (χ2n) is 4.05. The summed E-state index contributed by atoms with van der Waals surface area (Å²) in [4.78, 5) is 7.93. The van der Waals surface area contributed by atoms with Gasteiger partial charge in [-0.15, -0.1) is 0 Å². The van der Waals surface area contributed by atoms with Crippen molar-refractivity contribution in [3.63, 3.8) is 0 Å². The van der Waals surface area contributed by atoms with Crippen LogP contribution in [0.3, 0.4) is 0 Å². The molecule has 0 aliphatic rings. The largest absolute Gasteiger partial charge is 0.396 e. The number of rotatable bonds is 4. The first-order chi connectivity index (χ1) is 7.07. The maximum atomic E-state index is 9.04. The third-order valence-corrected chi connectivity index (χ3v) is 1.92. The monoisotopic (exact) mass is 206 g/mol. The molecule has 80 valence electrons. The van der Waals surface area contributed by atoms with E-state index >= 15 is 0 Å². The Bertz CT molecular complexity index is 370. The number of aliphatic hydroxyl groups is 1. The van der Waals surface area contributed by atoms with Crippen molar-refractivity contribution in [2.24, 2.45) is 5.41 Å². The molecule has 1 rings (SSSR count). The minimum absolute atomic E-state index is 0.0813. The van der Waals surface area contributed by atoms with Gasteiger partial charge in [-0.1, -0.05) is 13.8 Å². The van der Waals surface area contributed by atoms with Crippen molar-refractivity contribution in [1.82, 2.24) is 9.97 Å². The summed E-state index contributed by atoms with van der Waals surface area (Å²) in [5.41, 5.74) is 0.0979. The Balaban J connectivity index is 2.62. The average Bonchev–Trinajstić information content (AvgIpc) is 2.27. The van der Waals surface area contributed by atoms with Crippen molar-refractivity contribution < 1.29 is 5.11 Å². The van der Waals surface area contributed by atoms with E-state index in [1.807, 2.05) is 19.9 Å². The molecular formula is C10H14N4O. The molecule has 1 aromatic heterocycles. The molecule has 15 heavy (non-hydrogen) atoms.